The van der Waals surface area contributed by atoms with Crippen LogP contribution in [0.15, 0.2) is 18.2 Å². The Labute approximate surface area is 98.2 Å². The maximum absolute atomic E-state index is 13.4. The predicted molar refractivity (Wildman–Crippen MR) is 59.7 cm³/mol. The summed E-state index contributed by atoms with van der Waals surface area (Å²) >= 11 is 0. The average molecular weight is 240 g/mol. The second-order valence-corrected chi connectivity index (χ2v) is 4.12. The summed E-state index contributed by atoms with van der Waals surface area (Å²) in [5.41, 5.74) is -0.240. The fraction of sp³-hybridized carbons (Fsp3) is 0.417. The molecule has 2 rings (SSSR count). The summed E-state index contributed by atoms with van der Waals surface area (Å²) in [6.45, 7) is 1.60. The highest BCUT2D eigenvalue weighted by atomic mass is 19.2. The lowest BCUT2D eigenvalue weighted by atomic mass is 10.1. The summed E-state index contributed by atoms with van der Waals surface area (Å²) in [6, 6.07) is 3.59. The minimum absolute atomic E-state index is 0.0149. The topological polar surface area (TPSA) is 41.1 Å². The van der Waals surface area contributed by atoms with Gasteiger partial charge in [-0.25, -0.2) is 8.78 Å². The molecule has 0 spiro atoms. The first-order valence-corrected chi connectivity index (χ1v) is 5.64. The maximum Gasteiger partial charge on any atom is 0.254 e. The summed E-state index contributed by atoms with van der Waals surface area (Å²) in [4.78, 5) is 11.7. The largest absolute Gasteiger partial charge is 0.348 e. The van der Waals surface area contributed by atoms with Crippen molar-refractivity contribution in [1.82, 2.24) is 10.6 Å². The Balaban J connectivity index is 2.06. The molecule has 1 aromatic rings. The van der Waals surface area contributed by atoms with Gasteiger partial charge in [0.25, 0.3) is 5.91 Å². The van der Waals surface area contributed by atoms with E-state index in [2.05, 4.69) is 10.6 Å². The van der Waals surface area contributed by atoms with Gasteiger partial charge < -0.3 is 10.6 Å². The van der Waals surface area contributed by atoms with Crippen LogP contribution in [0.2, 0.25) is 0 Å². The first-order valence-electron chi connectivity index (χ1n) is 5.64. The van der Waals surface area contributed by atoms with Crippen molar-refractivity contribution < 1.29 is 13.6 Å². The van der Waals surface area contributed by atoms with Crippen molar-refractivity contribution in [3.05, 3.63) is 35.4 Å². The Morgan fingerprint density at radius 2 is 2.24 bits per heavy atom. The molecule has 1 aromatic carbocycles. The van der Waals surface area contributed by atoms with E-state index >= 15 is 0 Å². The van der Waals surface area contributed by atoms with E-state index < -0.39 is 17.5 Å². The van der Waals surface area contributed by atoms with Gasteiger partial charge in [0.15, 0.2) is 11.6 Å². The Hall–Kier alpha value is -1.49. The predicted octanol–water partition coefficient (Wildman–Crippen LogP) is 1.45. The zero-order valence-corrected chi connectivity index (χ0v) is 9.30. The van der Waals surface area contributed by atoms with Gasteiger partial charge in [0, 0.05) is 12.6 Å². The van der Waals surface area contributed by atoms with Crippen LogP contribution in [-0.4, -0.2) is 25.0 Å². The third-order valence-corrected chi connectivity index (χ3v) is 2.83. The van der Waals surface area contributed by atoms with E-state index in [9.17, 15) is 13.6 Å². The molecule has 0 unspecified atom stereocenters. The van der Waals surface area contributed by atoms with Gasteiger partial charge in [-0.15, -0.1) is 0 Å². The van der Waals surface area contributed by atoms with E-state index in [0.29, 0.717) is 6.54 Å². The fourth-order valence-corrected chi connectivity index (χ4v) is 1.92. The van der Waals surface area contributed by atoms with Crippen molar-refractivity contribution >= 4 is 5.91 Å². The molecule has 1 atom stereocenters. The van der Waals surface area contributed by atoms with Crippen molar-refractivity contribution in [2.75, 3.05) is 13.1 Å². The smallest absolute Gasteiger partial charge is 0.254 e. The second-order valence-electron chi connectivity index (χ2n) is 4.12. The fourth-order valence-electron chi connectivity index (χ4n) is 1.92. The molecule has 1 aliphatic heterocycles. The van der Waals surface area contributed by atoms with Crippen LogP contribution in [0.25, 0.3) is 0 Å². The van der Waals surface area contributed by atoms with Crippen LogP contribution in [0, 0.1) is 11.6 Å². The zero-order chi connectivity index (χ0) is 12.3. The summed E-state index contributed by atoms with van der Waals surface area (Å²) in [7, 11) is 0. The molecule has 0 saturated carbocycles. The molecule has 0 bridgehead atoms. The summed E-state index contributed by atoms with van der Waals surface area (Å²) in [6.07, 6.45) is 1.83. The van der Waals surface area contributed by atoms with Crippen LogP contribution in [0.5, 0.6) is 0 Å². The SMILES string of the molecule is O=C(N[C@H]1CCCNC1)c1cccc(F)c1F. The monoisotopic (exact) mass is 240 g/mol. The van der Waals surface area contributed by atoms with Crippen LogP contribution in [0.1, 0.15) is 23.2 Å². The van der Waals surface area contributed by atoms with Gasteiger partial charge in [0.05, 0.1) is 5.56 Å². The number of carbonyl (C=O) groups excluding carboxylic acids is 1. The Morgan fingerprint density at radius 1 is 1.41 bits per heavy atom. The molecular formula is C12H14F2N2O. The van der Waals surface area contributed by atoms with E-state index in [1.165, 1.54) is 12.1 Å². The average Bonchev–Trinajstić information content (AvgIpc) is 2.34. The maximum atomic E-state index is 13.4. The van der Waals surface area contributed by atoms with Crippen molar-refractivity contribution in [2.45, 2.75) is 18.9 Å². The first kappa shape index (κ1) is 12.0. The van der Waals surface area contributed by atoms with Crippen molar-refractivity contribution in [1.29, 1.82) is 0 Å². The lowest BCUT2D eigenvalue weighted by Crippen LogP contribution is -2.45. The van der Waals surface area contributed by atoms with Crippen LogP contribution in [-0.2, 0) is 0 Å². The van der Waals surface area contributed by atoms with Gasteiger partial charge in [0.2, 0.25) is 0 Å². The number of piperidine rings is 1. The van der Waals surface area contributed by atoms with Crippen molar-refractivity contribution in [3.63, 3.8) is 0 Å². The molecule has 1 heterocycles. The lowest BCUT2D eigenvalue weighted by Gasteiger charge is -2.23. The van der Waals surface area contributed by atoms with Gasteiger partial charge >= 0.3 is 0 Å². The first-order chi connectivity index (χ1) is 8.18. The summed E-state index contributed by atoms with van der Waals surface area (Å²) in [5.74, 6) is -2.65. The third-order valence-electron chi connectivity index (χ3n) is 2.83. The number of halogens is 2. The summed E-state index contributed by atoms with van der Waals surface area (Å²) < 4.78 is 26.3. The molecule has 3 nitrogen and oxygen atoms in total. The van der Waals surface area contributed by atoms with Crippen LogP contribution < -0.4 is 10.6 Å². The van der Waals surface area contributed by atoms with Gasteiger partial charge in [-0.1, -0.05) is 6.07 Å². The standard InChI is InChI=1S/C12H14F2N2O/c13-10-5-1-4-9(11(10)14)12(17)16-8-3-2-6-15-7-8/h1,4-5,8,15H,2-3,6-7H2,(H,16,17)/t8-/m0/s1. The second kappa shape index (κ2) is 5.23. The highest BCUT2D eigenvalue weighted by Crippen LogP contribution is 2.12. The van der Waals surface area contributed by atoms with E-state index in [0.717, 1.165) is 25.5 Å². The molecule has 0 radical (unpaired) electrons. The Morgan fingerprint density at radius 3 is 2.94 bits per heavy atom. The lowest BCUT2D eigenvalue weighted by molar-refractivity contribution is 0.0925. The molecule has 0 aromatic heterocycles. The van der Waals surface area contributed by atoms with Gasteiger partial charge in [-0.2, -0.15) is 0 Å². The minimum atomic E-state index is -1.09. The molecule has 5 heteroatoms. The number of benzene rings is 1. The number of hydrogen-bond donors (Lipinski definition) is 2. The summed E-state index contributed by atoms with van der Waals surface area (Å²) in [5, 5.41) is 5.83. The van der Waals surface area contributed by atoms with E-state index in [4.69, 9.17) is 0 Å². The van der Waals surface area contributed by atoms with E-state index in [1.54, 1.807) is 0 Å². The molecule has 92 valence electrons. The number of carbonyl (C=O) groups is 1. The van der Waals surface area contributed by atoms with Gasteiger partial charge in [0.1, 0.15) is 0 Å². The zero-order valence-electron chi connectivity index (χ0n) is 9.30. The minimum Gasteiger partial charge on any atom is -0.348 e. The van der Waals surface area contributed by atoms with Crippen LogP contribution in [0.3, 0.4) is 0 Å². The van der Waals surface area contributed by atoms with E-state index in [-0.39, 0.29) is 11.6 Å². The van der Waals surface area contributed by atoms with Gasteiger partial charge in [-0.3, -0.25) is 4.79 Å². The molecule has 17 heavy (non-hydrogen) atoms. The Bertz CT molecular complexity index is 417. The number of rotatable bonds is 2. The molecule has 1 aliphatic rings. The highest BCUT2D eigenvalue weighted by Gasteiger charge is 2.19. The number of hydrogen-bond acceptors (Lipinski definition) is 2. The van der Waals surface area contributed by atoms with Crippen LogP contribution in [0.4, 0.5) is 8.78 Å². The van der Waals surface area contributed by atoms with Crippen molar-refractivity contribution in [2.24, 2.45) is 0 Å². The molecular weight excluding hydrogens is 226 g/mol. The highest BCUT2D eigenvalue weighted by molar-refractivity contribution is 5.94. The molecule has 0 aliphatic carbocycles. The Kier molecular flexibility index (Phi) is 3.68. The van der Waals surface area contributed by atoms with E-state index in [1.807, 2.05) is 0 Å². The number of nitrogens with one attached hydrogen (secondary N) is 2. The van der Waals surface area contributed by atoms with Crippen LogP contribution >= 0.6 is 0 Å². The number of amides is 1. The normalized spacial score (nSPS) is 20.0. The molecule has 1 amide bonds. The van der Waals surface area contributed by atoms with Crippen molar-refractivity contribution in [3.8, 4) is 0 Å². The molecule has 1 saturated heterocycles. The third kappa shape index (κ3) is 2.79. The molecule has 1 fully saturated rings. The molecule has 2 N–H and O–H groups in total. The quantitative estimate of drug-likeness (QED) is 0.821. The van der Waals surface area contributed by atoms with Gasteiger partial charge in [-0.05, 0) is 31.5 Å².